The lowest BCUT2D eigenvalue weighted by Crippen LogP contribution is -2.30. The van der Waals surface area contributed by atoms with E-state index in [0.29, 0.717) is 6.67 Å². The summed E-state index contributed by atoms with van der Waals surface area (Å²) in [5.74, 6) is 1.26. The average Bonchev–Trinajstić information content (AvgIpc) is 3.04. The molecule has 0 saturated heterocycles. The van der Waals surface area contributed by atoms with E-state index in [0.717, 1.165) is 23.5 Å². The normalized spacial score (nSPS) is 13.9. The highest BCUT2D eigenvalue weighted by Crippen LogP contribution is 2.28. The summed E-state index contributed by atoms with van der Waals surface area (Å²) in [5.41, 5.74) is 5.36. The summed E-state index contributed by atoms with van der Waals surface area (Å²) in [7, 11) is 0. The van der Waals surface area contributed by atoms with Crippen LogP contribution in [-0.4, -0.2) is 17.6 Å². The van der Waals surface area contributed by atoms with Gasteiger partial charge in [-0.1, -0.05) is 48.5 Å². The molecule has 2 N–H and O–H groups in total. The van der Waals surface area contributed by atoms with Gasteiger partial charge in [0.2, 0.25) is 0 Å². The van der Waals surface area contributed by atoms with Crippen molar-refractivity contribution in [3.8, 4) is 5.75 Å². The molecule has 1 heterocycles. The quantitative estimate of drug-likeness (QED) is 0.779. The monoisotopic (exact) mass is 303 g/mol. The first-order valence-corrected chi connectivity index (χ1v) is 7.64. The van der Waals surface area contributed by atoms with Crippen molar-refractivity contribution in [2.24, 2.45) is 5.10 Å². The Labute approximate surface area is 134 Å². The summed E-state index contributed by atoms with van der Waals surface area (Å²) >= 11 is 0. The van der Waals surface area contributed by atoms with Gasteiger partial charge in [-0.25, -0.2) is 0 Å². The number of phenols is 1. The van der Waals surface area contributed by atoms with E-state index in [1.54, 1.807) is 12.1 Å². The number of hydrazone groups is 1. The van der Waals surface area contributed by atoms with Crippen LogP contribution in [0.4, 0.5) is 5.69 Å². The Morgan fingerprint density at radius 2 is 1.74 bits per heavy atom. The van der Waals surface area contributed by atoms with Crippen LogP contribution in [0.3, 0.4) is 0 Å². The van der Waals surface area contributed by atoms with Crippen LogP contribution in [0.15, 0.2) is 71.8 Å². The highest BCUT2D eigenvalue weighted by atomic mass is 16.3. The Kier molecular flexibility index (Phi) is 3.35. The van der Waals surface area contributed by atoms with Crippen LogP contribution < -0.4 is 10.3 Å². The lowest BCUT2D eigenvalue weighted by Gasteiger charge is -2.21. The van der Waals surface area contributed by atoms with E-state index in [9.17, 15) is 5.11 Å². The van der Waals surface area contributed by atoms with Crippen LogP contribution >= 0.6 is 0 Å². The summed E-state index contributed by atoms with van der Waals surface area (Å²) in [6.07, 6.45) is 0.719. The van der Waals surface area contributed by atoms with Crippen molar-refractivity contribution in [1.82, 2.24) is 5.43 Å². The van der Waals surface area contributed by atoms with Crippen molar-refractivity contribution < 1.29 is 5.11 Å². The standard InChI is InChI=1S/C19H17N3O/c23-16-10-8-14(9-11-16)12-19-21-20-13-22(19)18-7-3-5-15-4-1-2-6-17(15)18/h1-11,20,23H,12-13H2. The molecule has 23 heavy (non-hydrogen) atoms. The summed E-state index contributed by atoms with van der Waals surface area (Å²) in [4.78, 5) is 2.20. The maximum Gasteiger partial charge on any atom is 0.135 e. The topological polar surface area (TPSA) is 47.9 Å². The Morgan fingerprint density at radius 3 is 2.61 bits per heavy atom. The molecule has 1 aliphatic heterocycles. The van der Waals surface area contributed by atoms with E-state index in [-0.39, 0.29) is 5.75 Å². The van der Waals surface area contributed by atoms with E-state index >= 15 is 0 Å². The van der Waals surface area contributed by atoms with Gasteiger partial charge in [-0.3, -0.25) is 5.43 Å². The molecule has 0 atom stereocenters. The molecule has 0 saturated carbocycles. The van der Waals surface area contributed by atoms with Crippen LogP contribution in [0.5, 0.6) is 5.75 Å². The minimum atomic E-state index is 0.283. The molecule has 0 aromatic heterocycles. The molecule has 3 aromatic carbocycles. The molecule has 0 bridgehead atoms. The maximum atomic E-state index is 9.41. The van der Waals surface area contributed by atoms with Crippen molar-refractivity contribution >= 4 is 22.3 Å². The molecular formula is C19H17N3O. The Bertz CT molecular complexity index is 866. The fourth-order valence-corrected chi connectivity index (χ4v) is 2.95. The highest BCUT2D eigenvalue weighted by molar-refractivity contribution is 6.07. The molecule has 0 unspecified atom stereocenters. The molecule has 0 amide bonds. The molecule has 114 valence electrons. The SMILES string of the molecule is Oc1ccc(CC2=NNCN2c2cccc3ccccc23)cc1. The lowest BCUT2D eigenvalue weighted by atomic mass is 10.1. The molecule has 4 nitrogen and oxygen atoms in total. The Hall–Kier alpha value is -3.01. The number of fused-ring (bicyclic) bond motifs is 1. The first kappa shape index (κ1) is 13.6. The molecular weight excluding hydrogens is 286 g/mol. The third-order valence-electron chi connectivity index (χ3n) is 4.10. The van der Waals surface area contributed by atoms with Gasteiger partial charge in [-0.2, -0.15) is 5.10 Å². The number of phenolic OH excluding ortho intramolecular Hbond substituents is 1. The second-order valence-electron chi connectivity index (χ2n) is 5.61. The van der Waals surface area contributed by atoms with Gasteiger partial charge in [0, 0.05) is 11.8 Å². The van der Waals surface area contributed by atoms with E-state index in [2.05, 4.69) is 57.9 Å². The largest absolute Gasteiger partial charge is 0.508 e. The zero-order chi connectivity index (χ0) is 15.6. The van der Waals surface area contributed by atoms with Crippen molar-refractivity contribution in [3.63, 3.8) is 0 Å². The van der Waals surface area contributed by atoms with E-state index in [4.69, 9.17) is 0 Å². The number of anilines is 1. The molecule has 1 aliphatic rings. The minimum Gasteiger partial charge on any atom is -0.508 e. The van der Waals surface area contributed by atoms with Crippen LogP contribution in [0.1, 0.15) is 5.56 Å². The molecule has 0 spiro atoms. The number of amidine groups is 1. The molecule has 4 heteroatoms. The molecule has 4 rings (SSSR count). The van der Waals surface area contributed by atoms with Gasteiger partial charge < -0.3 is 10.0 Å². The van der Waals surface area contributed by atoms with Crippen LogP contribution in [0.2, 0.25) is 0 Å². The molecule has 0 radical (unpaired) electrons. The smallest absolute Gasteiger partial charge is 0.135 e. The molecule has 0 aliphatic carbocycles. The van der Waals surface area contributed by atoms with Crippen molar-refractivity contribution in [3.05, 3.63) is 72.3 Å². The maximum absolute atomic E-state index is 9.41. The highest BCUT2D eigenvalue weighted by Gasteiger charge is 2.20. The second kappa shape index (κ2) is 5.65. The molecule has 0 fully saturated rings. The van der Waals surface area contributed by atoms with Crippen LogP contribution in [0, 0.1) is 0 Å². The van der Waals surface area contributed by atoms with Gasteiger partial charge in [0.1, 0.15) is 18.3 Å². The number of nitrogens with one attached hydrogen (secondary N) is 1. The van der Waals surface area contributed by atoms with Gasteiger partial charge >= 0.3 is 0 Å². The number of rotatable bonds is 3. The van der Waals surface area contributed by atoms with Gasteiger partial charge in [0.25, 0.3) is 0 Å². The predicted molar refractivity (Wildman–Crippen MR) is 93.7 cm³/mol. The minimum absolute atomic E-state index is 0.283. The number of benzene rings is 3. The van der Waals surface area contributed by atoms with Gasteiger partial charge in [-0.15, -0.1) is 0 Å². The molecule has 3 aromatic rings. The number of hydrogen-bond acceptors (Lipinski definition) is 4. The lowest BCUT2D eigenvalue weighted by molar-refractivity contribution is 0.475. The predicted octanol–water partition coefficient (Wildman–Crippen LogP) is 3.47. The van der Waals surface area contributed by atoms with Gasteiger partial charge in [0.15, 0.2) is 0 Å². The number of hydrogen-bond donors (Lipinski definition) is 2. The fraction of sp³-hybridized carbons (Fsp3) is 0.105. The number of nitrogens with zero attached hydrogens (tertiary/aromatic N) is 2. The van der Waals surface area contributed by atoms with Crippen molar-refractivity contribution in [2.45, 2.75) is 6.42 Å². The zero-order valence-corrected chi connectivity index (χ0v) is 12.6. The Morgan fingerprint density at radius 1 is 0.957 bits per heavy atom. The van der Waals surface area contributed by atoms with E-state index in [1.807, 2.05) is 12.1 Å². The second-order valence-corrected chi connectivity index (χ2v) is 5.61. The first-order chi connectivity index (χ1) is 11.3. The van der Waals surface area contributed by atoms with Crippen LogP contribution in [0.25, 0.3) is 10.8 Å². The first-order valence-electron chi connectivity index (χ1n) is 7.64. The third-order valence-corrected chi connectivity index (χ3v) is 4.10. The van der Waals surface area contributed by atoms with E-state index in [1.165, 1.54) is 10.8 Å². The van der Waals surface area contributed by atoms with Gasteiger partial charge in [-0.05, 0) is 29.1 Å². The van der Waals surface area contributed by atoms with Crippen molar-refractivity contribution in [2.75, 3.05) is 11.6 Å². The van der Waals surface area contributed by atoms with E-state index < -0.39 is 0 Å². The number of aromatic hydroxyl groups is 1. The summed E-state index contributed by atoms with van der Waals surface area (Å²) in [5, 5.41) is 16.3. The van der Waals surface area contributed by atoms with Gasteiger partial charge in [0.05, 0.1) is 5.69 Å². The Balaban J connectivity index is 1.68. The summed E-state index contributed by atoms with van der Waals surface area (Å²) < 4.78 is 0. The third kappa shape index (κ3) is 2.59. The average molecular weight is 303 g/mol. The fourth-order valence-electron chi connectivity index (χ4n) is 2.95. The summed E-state index contributed by atoms with van der Waals surface area (Å²) in [6, 6.07) is 22.0. The zero-order valence-electron chi connectivity index (χ0n) is 12.6. The van der Waals surface area contributed by atoms with Crippen LogP contribution in [-0.2, 0) is 6.42 Å². The summed E-state index contributed by atoms with van der Waals surface area (Å²) in [6.45, 7) is 0.668. The van der Waals surface area contributed by atoms with Crippen molar-refractivity contribution in [1.29, 1.82) is 0 Å².